The summed E-state index contributed by atoms with van der Waals surface area (Å²) in [6.45, 7) is 5.43. The van der Waals surface area contributed by atoms with E-state index in [1.807, 2.05) is 0 Å². The zero-order valence-electron chi connectivity index (χ0n) is 18.0. The van der Waals surface area contributed by atoms with Gasteiger partial charge in [-0.05, 0) is 66.8 Å². The molecule has 4 nitrogen and oxygen atoms in total. The fourth-order valence-electron chi connectivity index (χ4n) is 6.24. The van der Waals surface area contributed by atoms with Crippen molar-refractivity contribution in [2.24, 2.45) is 7.05 Å². The molecule has 0 saturated carbocycles. The van der Waals surface area contributed by atoms with Crippen LogP contribution in [-0.4, -0.2) is 41.2 Å². The maximum Gasteiger partial charge on any atom is 0.122 e. The second-order valence-electron chi connectivity index (χ2n) is 9.38. The zero-order valence-corrected chi connectivity index (χ0v) is 18.0. The van der Waals surface area contributed by atoms with E-state index in [9.17, 15) is 0 Å². The van der Waals surface area contributed by atoms with E-state index < -0.39 is 0 Å². The van der Waals surface area contributed by atoms with Crippen LogP contribution in [0.1, 0.15) is 42.4 Å². The molecule has 1 fully saturated rings. The molecule has 1 aromatic heterocycles. The number of aryl methyl sites for hydroxylation is 1. The fraction of sp³-hybridized carbons (Fsp3) is 0.462. The quantitative estimate of drug-likeness (QED) is 0.686. The van der Waals surface area contributed by atoms with E-state index in [1.165, 1.54) is 53.5 Å². The minimum atomic E-state index is 0.471. The number of aromatic nitrogens is 1. The lowest BCUT2D eigenvalue weighted by molar-refractivity contribution is 0.115. The van der Waals surface area contributed by atoms with E-state index in [0.717, 1.165) is 25.3 Å². The Morgan fingerprint density at radius 3 is 3.00 bits per heavy atom. The highest BCUT2D eigenvalue weighted by Gasteiger charge is 2.40. The molecule has 6 rings (SSSR count). The number of fused-ring (bicyclic) bond motifs is 3. The van der Waals surface area contributed by atoms with Gasteiger partial charge in [-0.1, -0.05) is 19.1 Å². The van der Waals surface area contributed by atoms with Gasteiger partial charge in [0.1, 0.15) is 5.75 Å². The van der Waals surface area contributed by atoms with Crippen LogP contribution in [0.5, 0.6) is 5.75 Å². The summed E-state index contributed by atoms with van der Waals surface area (Å²) in [7, 11) is 2.19. The van der Waals surface area contributed by atoms with Crippen molar-refractivity contribution >= 4 is 16.6 Å². The SMILES string of the molecule is CCCN1C[C@@H](Nc2ccc3c(c2)CCO3)CC2c3cccc4c3c(cn4C)C[C@H]21. The number of hydrogen-bond acceptors (Lipinski definition) is 3. The molecule has 3 atom stereocenters. The molecule has 1 N–H and O–H groups in total. The molecular weight excluding hydrogens is 370 g/mol. The summed E-state index contributed by atoms with van der Waals surface area (Å²) < 4.78 is 8.01. The van der Waals surface area contributed by atoms with Gasteiger partial charge in [-0.25, -0.2) is 0 Å². The highest BCUT2D eigenvalue weighted by atomic mass is 16.5. The van der Waals surface area contributed by atoms with Crippen molar-refractivity contribution in [3.05, 3.63) is 59.3 Å². The number of piperidine rings is 1. The number of nitrogens with one attached hydrogen (secondary N) is 1. The molecule has 156 valence electrons. The van der Waals surface area contributed by atoms with E-state index >= 15 is 0 Å². The van der Waals surface area contributed by atoms with Gasteiger partial charge in [-0.2, -0.15) is 0 Å². The first-order valence-electron chi connectivity index (χ1n) is 11.5. The second-order valence-corrected chi connectivity index (χ2v) is 9.38. The van der Waals surface area contributed by atoms with Gasteiger partial charge in [-0.3, -0.25) is 4.90 Å². The molecule has 3 heterocycles. The molecule has 0 radical (unpaired) electrons. The van der Waals surface area contributed by atoms with Crippen LogP contribution >= 0.6 is 0 Å². The van der Waals surface area contributed by atoms with Gasteiger partial charge in [0.2, 0.25) is 0 Å². The molecule has 1 saturated heterocycles. The third-order valence-electron chi connectivity index (χ3n) is 7.45. The number of ether oxygens (including phenoxy) is 1. The maximum atomic E-state index is 5.69. The normalized spacial score (nSPS) is 25.1. The summed E-state index contributed by atoms with van der Waals surface area (Å²) in [4.78, 5) is 2.76. The first-order valence-corrected chi connectivity index (χ1v) is 11.5. The van der Waals surface area contributed by atoms with Gasteiger partial charge in [-0.15, -0.1) is 0 Å². The van der Waals surface area contributed by atoms with Crippen LogP contribution in [0.25, 0.3) is 10.9 Å². The predicted octanol–water partition coefficient (Wildman–Crippen LogP) is 4.72. The van der Waals surface area contributed by atoms with Crippen LogP contribution in [0.2, 0.25) is 0 Å². The summed E-state index contributed by atoms with van der Waals surface area (Å²) in [6, 6.07) is 14.6. The van der Waals surface area contributed by atoms with Crippen LogP contribution in [0.3, 0.4) is 0 Å². The highest BCUT2D eigenvalue weighted by Crippen LogP contribution is 2.44. The lowest BCUT2D eigenvalue weighted by atomic mass is 9.73. The van der Waals surface area contributed by atoms with E-state index in [1.54, 1.807) is 5.56 Å². The van der Waals surface area contributed by atoms with Crippen LogP contribution in [-0.2, 0) is 19.9 Å². The summed E-state index contributed by atoms with van der Waals surface area (Å²) >= 11 is 0. The number of anilines is 1. The van der Waals surface area contributed by atoms with Crippen molar-refractivity contribution < 1.29 is 4.74 Å². The Kier molecular flexibility index (Phi) is 4.31. The van der Waals surface area contributed by atoms with Crippen LogP contribution in [0.15, 0.2) is 42.6 Å². The van der Waals surface area contributed by atoms with Crippen LogP contribution in [0.4, 0.5) is 5.69 Å². The smallest absolute Gasteiger partial charge is 0.122 e. The molecule has 2 aliphatic heterocycles. The Balaban J connectivity index is 1.34. The Morgan fingerprint density at radius 1 is 1.17 bits per heavy atom. The lowest BCUT2D eigenvalue weighted by Crippen LogP contribution is -2.53. The molecule has 0 bridgehead atoms. The number of hydrogen-bond donors (Lipinski definition) is 1. The molecule has 4 heteroatoms. The Labute approximate surface area is 178 Å². The topological polar surface area (TPSA) is 29.4 Å². The monoisotopic (exact) mass is 401 g/mol. The number of benzene rings is 2. The van der Waals surface area contributed by atoms with Gasteiger partial charge in [0.05, 0.1) is 6.61 Å². The molecule has 3 aromatic rings. The van der Waals surface area contributed by atoms with E-state index in [0.29, 0.717) is 18.0 Å². The van der Waals surface area contributed by atoms with Crippen molar-refractivity contribution in [2.75, 3.05) is 25.0 Å². The van der Waals surface area contributed by atoms with Crippen molar-refractivity contribution in [3.63, 3.8) is 0 Å². The standard InChI is InChI=1S/C26H31N3O/c1-3-10-29-16-20(27-19-7-8-25-17(12-19)9-11-30-25)14-22-21-5-4-6-23-26(21)18(13-24(22)29)15-28(23)2/h4-8,12,15,20,22,24,27H,3,9-11,13-14,16H2,1-2H3/t20-,22?,24+/m0/s1. The lowest BCUT2D eigenvalue weighted by Gasteiger charge is -2.47. The minimum Gasteiger partial charge on any atom is -0.493 e. The molecule has 1 aliphatic carbocycles. The third kappa shape index (κ3) is 2.84. The number of nitrogens with zero attached hydrogens (tertiary/aromatic N) is 2. The summed E-state index contributed by atoms with van der Waals surface area (Å²) in [5, 5.41) is 5.41. The molecule has 0 spiro atoms. The predicted molar refractivity (Wildman–Crippen MR) is 123 cm³/mol. The Morgan fingerprint density at radius 2 is 2.10 bits per heavy atom. The van der Waals surface area contributed by atoms with Gasteiger partial charge in [0.15, 0.2) is 0 Å². The average molecular weight is 402 g/mol. The van der Waals surface area contributed by atoms with Crippen molar-refractivity contribution in [1.82, 2.24) is 9.47 Å². The number of rotatable bonds is 4. The largest absolute Gasteiger partial charge is 0.493 e. The molecule has 1 unspecified atom stereocenters. The Hall–Kier alpha value is -2.46. The van der Waals surface area contributed by atoms with Gasteiger partial charge >= 0.3 is 0 Å². The first kappa shape index (κ1) is 18.3. The van der Waals surface area contributed by atoms with Crippen molar-refractivity contribution in [3.8, 4) is 5.75 Å². The van der Waals surface area contributed by atoms with Gasteiger partial charge < -0.3 is 14.6 Å². The van der Waals surface area contributed by atoms with E-state index in [-0.39, 0.29) is 0 Å². The third-order valence-corrected chi connectivity index (χ3v) is 7.45. The van der Waals surface area contributed by atoms with Gasteiger partial charge in [0.25, 0.3) is 0 Å². The average Bonchev–Trinajstić information content (AvgIpc) is 3.34. The fourth-order valence-corrected chi connectivity index (χ4v) is 6.24. The summed E-state index contributed by atoms with van der Waals surface area (Å²) in [5.41, 5.74) is 7.07. The minimum absolute atomic E-state index is 0.471. The van der Waals surface area contributed by atoms with Crippen molar-refractivity contribution in [2.45, 2.75) is 50.6 Å². The van der Waals surface area contributed by atoms with E-state index in [2.05, 4.69) is 71.4 Å². The second kappa shape index (κ2) is 7.05. The first-order chi connectivity index (χ1) is 14.7. The molecule has 3 aliphatic rings. The van der Waals surface area contributed by atoms with Gasteiger partial charge in [0, 0.05) is 60.8 Å². The molecule has 30 heavy (non-hydrogen) atoms. The molecule has 0 amide bonds. The maximum absolute atomic E-state index is 5.69. The Bertz CT molecular complexity index is 1100. The van der Waals surface area contributed by atoms with Crippen molar-refractivity contribution in [1.29, 1.82) is 0 Å². The zero-order chi connectivity index (χ0) is 20.2. The number of likely N-dealkylation sites (tertiary alicyclic amines) is 1. The highest BCUT2D eigenvalue weighted by molar-refractivity contribution is 5.89. The van der Waals surface area contributed by atoms with Crippen LogP contribution in [0, 0.1) is 0 Å². The molecule has 2 aromatic carbocycles. The van der Waals surface area contributed by atoms with Crippen LogP contribution < -0.4 is 10.1 Å². The van der Waals surface area contributed by atoms with E-state index in [4.69, 9.17) is 4.74 Å². The molecular formula is C26H31N3O. The summed E-state index contributed by atoms with van der Waals surface area (Å²) in [6.07, 6.45) is 6.98. The summed E-state index contributed by atoms with van der Waals surface area (Å²) in [5.74, 6) is 1.66.